The molecule has 0 bridgehead atoms. The summed E-state index contributed by atoms with van der Waals surface area (Å²) >= 11 is 1.48. The normalized spacial score (nSPS) is 12.9. The number of aromatic nitrogens is 1. The van der Waals surface area contributed by atoms with Crippen LogP contribution in [-0.4, -0.2) is 19.3 Å². The van der Waals surface area contributed by atoms with Crippen LogP contribution in [0.25, 0.3) is 0 Å². The lowest BCUT2D eigenvalue weighted by Gasteiger charge is -2.11. The van der Waals surface area contributed by atoms with E-state index in [1.807, 2.05) is 19.2 Å². The van der Waals surface area contributed by atoms with Gasteiger partial charge in [0.25, 0.3) is 5.91 Å². The number of sulfonamides is 1. The summed E-state index contributed by atoms with van der Waals surface area (Å²) in [5.74, 6) is -0.295. The van der Waals surface area contributed by atoms with Gasteiger partial charge in [0.15, 0.2) is 0 Å². The molecule has 0 spiro atoms. The van der Waals surface area contributed by atoms with Crippen molar-refractivity contribution in [3.05, 3.63) is 45.9 Å². The maximum atomic E-state index is 12.1. The molecular formula is C13H15N3O3S2. The Kier molecular flexibility index (Phi) is 4.40. The van der Waals surface area contributed by atoms with Crippen LogP contribution in [0.3, 0.4) is 0 Å². The SMILES string of the molecule is Cc1csc(C(C)NC(=O)c2ccc(S(N)(=O)=O)cc2)n1. The highest BCUT2D eigenvalue weighted by Gasteiger charge is 2.15. The summed E-state index contributed by atoms with van der Waals surface area (Å²) < 4.78 is 22.3. The Hall–Kier alpha value is -1.77. The first-order valence-electron chi connectivity index (χ1n) is 6.13. The molecule has 1 heterocycles. The summed E-state index contributed by atoms with van der Waals surface area (Å²) in [5.41, 5.74) is 1.27. The number of thiazole rings is 1. The zero-order valence-electron chi connectivity index (χ0n) is 11.5. The zero-order valence-corrected chi connectivity index (χ0v) is 13.2. The average Bonchev–Trinajstić information content (AvgIpc) is 2.84. The molecule has 2 rings (SSSR count). The molecule has 1 aromatic carbocycles. The van der Waals surface area contributed by atoms with E-state index in [1.54, 1.807) is 0 Å². The maximum absolute atomic E-state index is 12.1. The van der Waals surface area contributed by atoms with Gasteiger partial charge in [0.2, 0.25) is 10.0 Å². The molecule has 2 aromatic rings. The van der Waals surface area contributed by atoms with E-state index in [2.05, 4.69) is 10.3 Å². The summed E-state index contributed by atoms with van der Waals surface area (Å²) in [6.07, 6.45) is 0. The van der Waals surface area contributed by atoms with Gasteiger partial charge in [0.05, 0.1) is 10.9 Å². The van der Waals surface area contributed by atoms with Gasteiger partial charge in [-0.1, -0.05) is 0 Å². The van der Waals surface area contributed by atoms with Crippen molar-refractivity contribution in [1.29, 1.82) is 0 Å². The number of amides is 1. The molecule has 3 N–H and O–H groups in total. The van der Waals surface area contributed by atoms with E-state index < -0.39 is 10.0 Å². The van der Waals surface area contributed by atoms with Crippen molar-refractivity contribution in [2.75, 3.05) is 0 Å². The van der Waals surface area contributed by atoms with Crippen molar-refractivity contribution >= 4 is 27.3 Å². The standard InChI is InChI=1S/C13H15N3O3S2/c1-8-7-20-13(15-8)9(2)16-12(17)10-3-5-11(6-4-10)21(14,18)19/h3-7,9H,1-2H3,(H,16,17)(H2,14,18,19). The highest BCUT2D eigenvalue weighted by Crippen LogP contribution is 2.18. The average molecular weight is 325 g/mol. The summed E-state index contributed by atoms with van der Waals surface area (Å²) in [4.78, 5) is 16.4. The number of nitrogens with two attached hydrogens (primary N) is 1. The third-order valence-corrected chi connectivity index (χ3v) is 4.87. The Balaban J connectivity index is 2.10. The highest BCUT2D eigenvalue weighted by atomic mass is 32.2. The topological polar surface area (TPSA) is 102 Å². The molecule has 0 fully saturated rings. The van der Waals surface area contributed by atoms with Crippen LogP contribution in [0.2, 0.25) is 0 Å². The quantitative estimate of drug-likeness (QED) is 0.891. The number of hydrogen-bond acceptors (Lipinski definition) is 5. The van der Waals surface area contributed by atoms with E-state index in [1.165, 1.54) is 35.6 Å². The summed E-state index contributed by atoms with van der Waals surface area (Å²) in [6, 6.07) is 5.25. The molecule has 0 aliphatic carbocycles. The first kappa shape index (κ1) is 15.6. The van der Waals surface area contributed by atoms with Crippen molar-refractivity contribution in [3.8, 4) is 0 Å². The molecule has 6 nitrogen and oxygen atoms in total. The molecule has 0 saturated carbocycles. The molecule has 0 aliphatic rings. The zero-order chi connectivity index (χ0) is 15.6. The fourth-order valence-corrected chi connectivity index (χ4v) is 3.03. The van der Waals surface area contributed by atoms with Crippen molar-refractivity contribution in [2.24, 2.45) is 5.14 Å². The van der Waals surface area contributed by atoms with Crippen LogP contribution in [0.15, 0.2) is 34.5 Å². The van der Waals surface area contributed by atoms with Crippen LogP contribution in [0.5, 0.6) is 0 Å². The van der Waals surface area contributed by atoms with Gasteiger partial charge < -0.3 is 5.32 Å². The molecule has 0 saturated heterocycles. The second-order valence-electron chi connectivity index (χ2n) is 4.59. The minimum Gasteiger partial charge on any atom is -0.343 e. The van der Waals surface area contributed by atoms with Gasteiger partial charge in [-0.05, 0) is 38.1 Å². The van der Waals surface area contributed by atoms with E-state index >= 15 is 0 Å². The van der Waals surface area contributed by atoms with E-state index in [0.29, 0.717) is 5.56 Å². The summed E-state index contributed by atoms with van der Waals surface area (Å²) in [7, 11) is -3.75. The predicted octanol–water partition coefficient (Wildman–Crippen LogP) is 1.59. The smallest absolute Gasteiger partial charge is 0.251 e. The molecule has 1 aromatic heterocycles. The van der Waals surface area contributed by atoms with Crippen molar-refractivity contribution in [2.45, 2.75) is 24.8 Å². The molecule has 1 unspecified atom stereocenters. The van der Waals surface area contributed by atoms with Crippen LogP contribution in [0, 0.1) is 6.92 Å². The largest absolute Gasteiger partial charge is 0.343 e. The van der Waals surface area contributed by atoms with Gasteiger partial charge >= 0.3 is 0 Å². The number of carbonyl (C=O) groups is 1. The maximum Gasteiger partial charge on any atom is 0.251 e. The lowest BCUT2D eigenvalue weighted by atomic mass is 10.2. The van der Waals surface area contributed by atoms with Crippen molar-refractivity contribution < 1.29 is 13.2 Å². The molecule has 21 heavy (non-hydrogen) atoms. The lowest BCUT2D eigenvalue weighted by molar-refractivity contribution is 0.0939. The second-order valence-corrected chi connectivity index (χ2v) is 7.04. The third-order valence-electron chi connectivity index (χ3n) is 2.80. The van der Waals surface area contributed by atoms with Gasteiger partial charge in [0, 0.05) is 16.6 Å². The third kappa shape index (κ3) is 3.87. The number of carbonyl (C=O) groups excluding carboxylic acids is 1. The fourth-order valence-electron chi connectivity index (χ4n) is 1.71. The van der Waals surface area contributed by atoms with Crippen LogP contribution in [0.4, 0.5) is 0 Å². The lowest BCUT2D eigenvalue weighted by Crippen LogP contribution is -2.26. The number of rotatable bonds is 4. The Morgan fingerprint density at radius 1 is 1.33 bits per heavy atom. The number of aryl methyl sites for hydroxylation is 1. The van der Waals surface area contributed by atoms with Gasteiger partial charge in [-0.3, -0.25) is 4.79 Å². The molecule has 8 heteroatoms. The monoisotopic (exact) mass is 325 g/mol. The molecule has 1 amide bonds. The molecule has 0 aliphatic heterocycles. The number of nitrogens with zero attached hydrogens (tertiary/aromatic N) is 1. The first-order valence-corrected chi connectivity index (χ1v) is 8.56. The molecular weight excluding hydrogens is 310 g/mol. The fraction of sp³-hybridized carbons (Fsp3) is 0.231. The minimum atomic E-state index is -3.75. The number of benzene rings is 1. The Morgan fingerprint density at radius 2 is 1.95 bits per heavy atom. The van der Waals surface area contributed by atoms with E-state index in [4.69, 9.17) is 5.14 Å². The van der Waals surface area contributed by atoms with Crippen LogP contribution < -0.4 is 10.5 Å². The number of hydrogen-bond donors (Lipinski definition) is 2. The Labute approximate surface area is 127 Å². The summed E-state index contributed by atoms with van der Waals surface area (Å²) in [6.45, 7) is 3.73. The van der Waals surface area contributed by atoms with E-state index in [-0.39, 0.29) is 16.8 Å². The van der Waals surface area contributed by atoms with Crippen LogP contribution in [-0.2, 0) is 10.0 Å². The van der Waals surface area contributed by atoms with Crippen LogP contribution >= 0.6 is 11.3 Å². The second kappa shape index (κ2) is 5.92. The Morgan fingerprint density at radius 3 is 2.43 bits per heavy atom. The van der Waals surface area contributed by atoms with Gasteiger partial charge in [0.1, 0.15) is 5.01 Å². The van der Waals surface area contributed by atoms with Crippen molar-refractivity contribution in [1.82, 2.24) is 10.3 Å². The van der Waals surface area contributed by atoms with Gasteiger partial charge in [-0.25, -0.2) is 18.5 Å². The van der Waals surface area contributed by atoms with Gasteiger partial charge in [-0.2, -0.15) is 0 Å². The van der Waals surface area contributed by atoms with Crippen LogP contribution in [0.1, 0.15) is 34.0 Å². The van der Waals surface area contributed by atoms with Gasteiger partial charge in [-0.15, -0.1) is 11.3 Å². The predicted molar refractivity (Wildman–Crippen MR) is 80.5 cm³/mol. The number of nitrogens with one attached hydrogen (secondary N) is 1. The minimum absolute atomic E-state index is 0.0253. The summed E-state index contributed by atoms with van der Waals surface area (Å²) in [5, 5.41) is 10.6. The van der Waals surface area contributed by atoms with Crippen molar-refractivity contribution in [3.63, 3.8) is 0 Å². The first-order chi connectivity index (χ1) is 9.77. The van der Waals surface area contributed by atoms with E-state index in [0.717, 1.165) is 10.7 Å². The highest BCUT2D eigenvalue weighted by molar-refractivity contribution is 7.89. The Bertz CT molecular complexity index is 751. The molecule has 112 valence electrons. The molecule has 1 atom stereocenters. The number of primary sulfonamides is 1. The van der Waals surface area contributed by atoms with E-state index in [9.17, 15) is 13.2 Å². The molecule has 0 radical (unpaired) electrons.